The molecule has 0 fully saturated rings. The van der Waals surface area contributed by atoms with Crippen molar-refractivity contribution >= 4 is 43.7 Å². The molecular weight excluding hydrogens is 378 g/mol. The Morgan fingerprint density at radius 1 is 1.14 bits per heavy atom. The van der Waals surface area contributed by atoms with Crippen LogP contribution in [0.4, 0.5) is 0 Å². The third-order valence-corrected chi connectivity index (χ3v) is 5.58. The number of rotatable bonds is 4. The van der Waals surface area contributed by atoms with Gasteiger partial charge in [0.1, 0.15) is 0 Å². The average Bonchev–Trinajstić information content (AvgIpc) is 2.40. The number of hydrogen-bond donors (Lipinski definition) is 2. The van der Waals surface area contributed by atoms with Crippen molar-refractivity contribution < 1.29 is 18.3 Å². The maximum atomic E-state index is 11.3. The van der Waals surface area contributed by atoms with E-state index in [4.69, 9.17) is 5.14 Å². The van der Waals surface area contributed by atoms with Gasteiger partial charge in [-0.05, 0) is 46.3 Å². The molecular formula is C13H10BrNO4S2. The Morgan fingerprint density at radius 2 is 1.81 bits per heavy atom. The summed E-state index contributed by atoms with van der Waals surface area (Å²) in [6.45, 7) is 0. The third-order valence-electron chi connectivity index (χ3n) is 2.57. The second-order valence-electron chi connectivity index (χ2n) is 4.04. The quantitative estimate of drug-likeness (QED) is 0.840. The molecule has 0 heterocycles. The first-order valence-corrected chi connectivity index (χ1v) is 8.77. The number of benzene rings is 2. The van der Waals surface area contributed by atoms with Crippen molar-refractivity contribution in [3.05, 3.63) is 52.5 Å². The molecule has 0 aromatic heterocycles. The maximum Gasteiger partial charge on any atom is 0.336 e. The van der Waals surface area contributed by atoms with E-state index in [0.29, 0.717) is 4.90 Å². The van der Waals surface area contributed by atoms with Crippen molar-refractivity contribution in [3.63, 3.8) is 0 Å². The summed E-state index contributed by atoms with van der Waals surface area (Å²) in [7, 11) is -3.94. The van der Waals surface area contributed by atoms with Gasteiger partial charge in [0.25, 0.3) is 0 Å². The van der Waals surface area contributed by atoms with Crippen molar-refractivity contribution in [1.82, 2.24) is 0 Å². The van der Waals surface area contributed by atoms with Crippen LogP contribution >= 0.6 is 27.7 Å². The van der Waals surface area contributed by atoms with Crippen LogP contribution in [-0.2, 0) is 10.0 Å². The molecule has 8 heteroatoms. The minimum Gasteiger partial charge on any atom is -0.478 e. The molecule has 5 nitrogen and oxygen atoms in total. The lowest BCUT2D eigenvalue weighted by atomic mass is 10.2. The van der Waals surface area contributed by atoms with E-state index in [2.05, 4.69) is 15.9 Å². The Hall–Kier alpha value is -1.35. The molecule has 0 aliphatic heterocycles. The number of carbonyl (C=O) groups is 1. The van der Waals surface area contributed by atoms with Gasteiger partial charge < -0.3 is 5.11 Å². The van der Waals surface area contributed by atoms with Gasteiger partial charge in [0.15, 0.2) is 0 Å². The summed E-state index contributed by atoms with van der Waals surface area (Å²) in [5.41, 5.74) is -0.109. The van der Waals surface area contributed by atoms with Crippen LogP contribution in [0.25, 0.3) is 0 Å². The van der Waals surface area contributed by atoms with Crippen molar-refractivity contribution in [3.8, 4) is 0 Å². The minimum absolute atomic E-state index is 0.109. The van der Waals surface area contributed by atoms with Crippen molar-refractivity contribution in [2.24, 2.45) is 5.14 Å². The van der Waals surface area contributed by atoms with Crippen LogP contribution in [0.3, 0.4) is 0 Å². The molecule has 0 unspecified atom stereocenters. The second kappa shape index (κ2) is 6.18. The lowest BCUT2D eigenvalue weighted by Gasteiger charge is -2.09. The van der Waals surface area contributed by atoms with Gasteiger partial charge in [-0.2, -0.15) is 0 Å². The van der Waals surface area contributed by atoms with Gasteiger partial charge in [-0.25, -0.2) is 18.4 Å². The maximum absolute atomic E-state index is 11.3. The lowest BCUT2D eigenvalue weighted by molar-refractivity contribution is 0.0693. The normalized spacial score (nSPS) is 11.3. The van der Waals surface area contributed by atoms with E-state index in [-0.39, 0.29) is 10.5 Å². The number of sulfonamides is 1. The average molecular weight is 388 g/mol. The van der Waals surface area contributed by atoms with Gasteiger partial charge in [-0.3, -0.25) is 0 Å². The van der Waals surface area contributed by atoms with Gasteiger partial charge in [0.05, 0.1) is 10.5 Å². The minimum atomic E-state index is -3.94. The summed E-state index contributed by atoms with van der Waals surface area (Å²) in [5.74, 6) is -1.21. The monoisotopic (exact) mass is 387 g/mol. The largest absolute Gasteiger partial charge is 0.478 e. The van der Waals surface area contributed by atoms with E-state index < -0.39 is 16.0 Å². The van der Waals surface area contributed by atoms with Crippen LogP contribution in [0.2, 0.25) is 0 Å². The van der Waals surface area contributed by atoms with Crippen LogP contribution < -0.4 is 5.14 Å². The van der Waals surface area contributed by atoms with Gasteiger partial charge in [-0.1, -0.05) is 23.9 Å². The predicted molar refractivity (Wildman–Crippen MR) is 83.0 cm³/mol. The Morgan fingerprint density at radius 3 is 2.38 bits per heavy atom. The highest BCUT2D eigenvalue weighted by atomic mass is 79.9. The van der Waals surface area contributed by atoms with Crippen LogP contribution in [0.5, 0.6) is 0 Å². The number of aromatic carboxylic acids is 1. The van der Waals surface area contributed by atoms with Gasteiger partial charge in [0, 0.05) is 14.3 Å². The Kier molecular flexibility index (Phi) is 4.72. The standard InChI is InChI=1S/C13H10BrNO4S2/c14-10-3-1-2-4-12(10)20-11-6-5-8(21(15,18)19)7-9(11)13(16)17/h1-7H,(H,16,17)(H2,15,18,19). The molecule has 0 aliphatic carbocycles. The SMILES string of the molecule is NS(=O)(=O)c1ccc(Sc2ccccc2Br)c(C(=O)O)c1. The molecule has 0 saturated carbocycles. The van der Waals surface area contributed by atoms with E-state index in [0.717, 1.165) is 15.4 Å². The van der Waals surface area contributed by atoms with E-state index in [1.807, 2.05) is 24.3 Å². The van der Waals surface area contributed by atoms with Crippen LogP contribution in [-0.4, -0.2) is 19.5 Å². The number of carboxylic acids is 1. The summed E-state index contributed by atoms with van der Waals surface area (Å²) >= 11 is 4.60. The summed E-state index contributed by atoms with van der Waals surface area (Å²) < 4.78 is 23.4. The second-order valence-corrected chi connectivity index (χ2v) is 7.54. The number of nitrogens with two attached hydrogens (primary N) is 1. The molecule has 21 heavy (non-hydrogen) atoms. The fraction of sp³-hybridized carbons (Fsp3) is 0. The molecule has 0 radical (unpaired) electrons. The first kappa shape index (κ1) is 16.0. The van der Waals surface area contributed by atoms with Crippen molar-refractivity contribution in [1.29, 1.82) is 0 Å². The molecule has 0 saturated heterocycles. The molecule has 0 atom stereocenters. The van der Waals surface area contributed by atoms with Crippen molar-refractivity contribution in [2.75, 3.05) is 0 Å². The summed E-state index contributed by atoms with van der Waals surface area (Å²) in [5, 5.41) is 14.3. The van der Waals surface area contributed by atoms with Crippen LogP contribution in [0.15, 0.2) is 61.6 Å². The first-order valence-electron chi connectivity index (χ1n) is 5.61. The number of halogens is 1. The molecule has 3 N–H and O–H groups in total. The van der Waals surface area contributed by atoms with Crippen molar-refractivity contribution in [2.45, 2.75) is 14.7 Å². The van der Waals surface area contributed by atoms with Crippen LogP contribution in [0.1, 0.15) is 10.4 Å². The third kappa shape index (κ3) is 3.85. The highest BCUT2D eigenvalue weighted by Crippen LogP contribution is 2.35. The van der Waals surface area contributed by atoms with E-state index in [9.17, 15) is 18.3 Å². The van der Waals surface area contributed by atoms with E-state index >= 15 is 0 Å². The lowest BCUT2D eigenvalue weighted by Crippen LogP contribution is -2.13. The van der Waals surface area contributed by atoms with E-state index in [1.54, 1.807) is 0 Å². The van der Waals surface area contributed by atoms with E-state index in [1.165, 1.54) is 23.9 Å². The number of hydrogen-bond acceptors (Lipinski definition) is 4. The molecule has 110 valence electrons. The molecule has 0 bridgehead atoms. The topological polar surface area (TPSA) is 97.5 Å². The zero-order valence-electron chi connectivity index (χ0n) is 10.5. The molecule has 2 rings (SSSR count). The first-order chi connectivity index (χ1) is 9.79. The smallest absolute Gasteiger partial charge is 0.336 e. The fourth-order valence-corrected chi connectivity index (χ4v) is 3.60. The molecule has 0 amide bonds. The summed E-state index contributed by atoms with van der Waals surface area (Å²) in [4.78, 5) is 12.3. The summed E-state index contributed by atoms with van der Waals surface area (Å²) in [6, 6.07) is 11.1. The number of carboxylic acid groups (broad SMARTS) is 1. The van der Waals surface area contributed by atoms with Gasteiger partial charge in [-0.15, -0.1) is 0 Å². The van der Waals surface area contributed by atoms with Gasteiger partial charge >= 0.3 is 5.97 Å². The fourth-order valence-electron chi connectivity index (χ4n) is 1.59. The zero-order valence-corrected chi connectivity index (χ0v) is 13.7. The highest BCUT2D eigenvalue weighted by molar-refractivity contribution is 9.10. The Labute approximate surface area is 134 Å². The van der Waals surface area contributed by atoms with Crippen LogP contribution in [0, 0.1) is 0 Å². The molecule has 0 spiro atoms. The molecule has 0 aliphatic rings. The number of primary sulfonamides is 1. The Balaban J connectivity index is 2.50. The Bertz CT molecular complexity index is 806. The highest BCUT2D eigenvalue weighted by Gasteiger charge is 2.17. The zero-order chi connectivity index (χ0) is 15.6. The molecule has 2 aromatic rings. The predicted octanol–water partition coefficient (Wildman–Crippen LogP) is 2.95. The van der Waals surface area contributed by atoms with Gasteiger partial charge in [0.2, 0.25) is 10.0 Å². The molecule has 2 aromatic carbocycles. The summed E-state index contributed by atoms with van der Waals surface area (Å²) in [6.07, 6.45) is 0.